The van der Waals surface area contributed by atoms with Gasteiger partial charge in [0.15, 0.2) is 11.5 Å². The number of aryl methyl sites for hydroxylation is 1. The number of nitrogens with one attached hydrogen (secondary N) is 1. The van der Waals surface area contributed by atoms with Gasteiger partial charge in [0.25, 0.3) is 0 Å². The van der Waals surface area contributed by atoms with Gasteiger partial charge in [-0.2, -0.15) is 0 Å². The van der Waals surface area contributed by atoms with Gasteiger partial charge in [-0.15, -0.1) is 0 Å². The topological polar surface area (TPSA) is 39.7 Å². The van der Waals surface area contributed by atoms with Crippen LogP contribution in [0.3, 0.4) is 0 Å². The van der Waals surface area contributed by atoms with E-state index in [4.69, 9.17) is 25.8 Å². The van der Waals surface area contributed by atoms with Crippen LogP contribution in [0.15, 0.2) is 60.7 Å². The molecule has 0 aliphatic rings. The summed E-state index contributed by atoms with van der Waals surface area (Å²) < 4.78 is 16.9. The summed E-state index contributed by atoms with van der Waals surface area (Å²) in [6.07, 6.45) is 0. The van der Waals surface area contributed by atoms with Crippen LogP contribution in [0.5, 0.6) is 17.2 Å². The van der Waals surface area contributed by atoms with E-state index in [0.717, 1.165) is 22.4 Å². The summed E-state index contributed by atoms with van der Waals surface area (Å²) in [4.78, 5) is 0. The summed E-state index contributed by atoms with van der Waals surface area (Å²) in [5.74, 6) is 2.06. The highest BCUT2D eigenvalue weighted by atomic mass is 35.5. The molecule has 1 N–H and O–H groups in total. The van der Waals surface area contributed by atoms with E-state index in [1.54, 1.807) is 14.2 Å². The lowest BCUT2D eigenvalue weighted by atomic mass is 10.1. The van der Waals surface area contributed by atoms with Crippen LogP contribution in [0.1, 0.15) is 22.3 Å². The largest absolute Gasteiger partial charge is 0.496 e. The van der Waals surface area contributed by atoms with Crippen molar-refractivity contribution in [2.24, 2.45) is 0 Å². The Hall–Kier alpha value is -2.69. The lowest BCUT2D eigenvalue weighted by molar-refractivity contribution is 0.284. The molecule has 3 aromatic carbocycles. The van der Waals surface area contributed by atoms with E-state index in [2.05, 4.69) is 18.3 Å². The Morgan fingerprint density at radius 2 is 1.52 bits per heavy atom. The number of halogens is 1. The predicted molar refractivity (Wildman–Crippen MR) is 117 cm³/mol. The van der Waals surface area contributed by atoms with Crippen molar-refractivity contribution in [1.82, 2.24) is 5.32 Å². The highest BCUT2D eigenvalue weighted by Crippen LogP contribution is 2.37. The van der Waals surface area contributed by atoms with Gasteiger partial charge in [0.05, 0.1) is 19.2 Å². The van der Waals surface area contributed by atoms with E-state index in [0.29, 0.717) is 36.2 Å². The van der Waals surface area contributed by atoms with Gasteiger partial charge in [0, 0.05) is 18.7 Å². The molecular weight excluding hydrogens is 386 g/mol. The molecule has 0 aliphatic carbocycles. The van der Waals surface area contributed by atoms with Gasteiger partial charge in [-0.25, -0.2) is 0 Å². The van der Waals surface area contributed by atoms with Crippen LogP contribution in [0.2, 0.25) is 5.02 Å². The van der Waals surface area contributed by atoms with Crippen LogP contribution in [0.25, 0.3) is 0 Å². The number of ether oxygens (including phenoxy) is 3. The van der Waals surface area contributed by atoms with Gasteiger partial charge in [-0.1, -0.05) is 54.1 Å². The molecule has 152 valence electrons. The van der Waals surface area contributed by atoms with Crippen molar-refractivity contribution < 1.29 is 14.2 Å². The quantitative estimate of drug-likeness (QED) is 0.502. The van der Waals surface area contributed by atoms with Crippen LogP contribution in [-0.2, 0) is 19.7 Å². The van der Waals surface area contributed by atoms with Crippen molar-refractivity contribution in [2.75, 3.05) is 14.2 Å². The first-order chi connectivity index (χ1) is 14.1. The van der Waals surface area contributed by atoms with Crippen molar-refractivity contribution >= 4 is 11.6 Å². The Bertz CT molecular complexity index is 959. The fraction of sp³-hybridized carbons (Fsp3) is 0.250. The normalized spacial score (nSPS) is 10.6. The average Bonchev–Trinajstić information content (AvgIpc) is 2.74. The number of para-hydroxylation sites is 1. The third kappa shape index (κ3) is 5.43. The molecule has 0 saturated heterocycles. The average molecular weight is 412 g/mol. The van der Waals surface area contributed by atoms with Crippen LogP contribution < -0.4 is 19.5 Å². The van der Waals surface area contributed by atoms with Gasteiger partial charge in [-0.3, -0.25) is 0 Å². The second-order valence-electron chi connectivity index (χ2n) is 6.74. The fourth-order valence-electron chi connectivity index (χ4n) is 3.13. The molecule has 0 aliphatic heterocycles. The zero-order valence-electron chi connectivity index (χ0n) is 17.0. The molecule has 0 spiro atoms. The molecule has 0 unspecified atom stereocenters. The molecule has 0 saturated carbocycles. The summed E-state index contributed by atoms with van der Waals surface area (Å²) in [6, 6.07) is 19.9. The summed E-state index contributed by atoms with van der Waals surface area (Å²) in [5, 5.41) is 3.96. The fourth-order valence-corrected chi connectivity index (χ4v) is 3.42. The molecule has 3 aromatic rings. The summed E-state index contributed by atoms with van der Waals surface area (Å²) in [7, 11) is 3.30. The summed E-state index contributed by atoms with van der Waals surface area (Å²) in [5.41, 5.74) is 4.42. The smallest absolute Gasteiger partial charge is 0.180 e. The Labute approximate surface area is 177 Å². The Morgan fingerprint density at radius 1 is 0.828 bits per heavy atom. The van der Waals surface area contributed by atoms with E-state index in [-0.39, 0.29) is 0 Å². The number of methoxy groups -OCH3 is 2. The van der Waals surface area contributed by atoms with Crippen molar-refractivity contribution in [3.63, 3.8) is 0 Å². The van der Waals surface area contributed by atoms with E-state index in [1.165, 1.54) is 5.56 Å². The summed E-state index contributed by atoms with van der Waals surface area (Å²) in [6.45, 7) is 3.84. The van der Waals surface area contributed by atoms with E-state index >= 15 is 0 Å². The molecule has 5 heteroatoms. The Kier molecular flexibility index (Phi) is 7.39. The van der Waals surface area contributed by atoms with E-state index < -0.39 is 0 Å². The maximum Gasteiger partial charge on any atom is 0.180 e. The van der Waals surface area contributed by atoms with Gasteiger partial charge in [-0.05, 0) is 41.8 Å². The van der Waals surface area contributed by atoms with Gasteiger partial charge < -0.3 is 19.5 Å². The number of rotatable bonds is 9. The Balaban J connectivity index is 1.67. The van der Waals surface area contributed by atoms with Crippen LogP contribution >= 0.6 is 11.6 Å². The molecule has 29 heavy (non-hydrogen) atoms. The minimum Gasteiger partial charge on any atom is -0.496 e. The zero-order chi connectivity index (χ0) is 20.6. The van der Waals surface area contributed by atoms with E-state index in [9.17, 15) is 0 Å². The zero-order valence-corrected chi connectivity index (χ0v) is 17.8. The van der Waals surface area contributed by atoms with Gasteiger partial charge >= 0.3 is 0 Å². The highest BCUT2D eigenvalue weighted by molar-refractivity contribution is 6.32. The van der Waals surface area contributed by atoms with Crippen molar-refractivity contribution in [1.29, 1.82) is 0 Å². The second kappa shape index (κ2) is 10.2. The number of hydrogen-bond donors (Lipinski definition) is 1. The lowest BCUT2D eigenvalue weighted by Gasteiger charge is -2.15. The molecule has 0 aromatic heterocycles. The van der Waals surface area contributed by atoms with Gasteiger partial charge in [0.1, 0.15) is 12.4 Å². The SMILES string of the molecule is COc1ccccc1CNCc1cc(Cl)c(OCc2ccccc2C)c(OC)c1. The van der Waals surface area contributed by atoms with Crippen molar-refractivity contribution in [2.45, 2.75) is 26.6 Å². The highest BCUT2D eigenvalue weighted by Gasteiger charge is 2.13. The van der Waals surface area contributed by atoms with Crippen molar-refractivity contribution in [3.8, 4) is 17.2 Å². The minimum atomic E-state index is 0.439. The number of benzene rings is 3. The maximum absolute atomic E-state index is 6.51. The third-order valence-electron chi connectivity index (χ3n) is 4.76. The molecule has 0 bridgehead atoms. The summed E-state index contributed by atoms with van der Waals surface area (Å²) >= 11 is 6.51. The molecule has 0 amide bonds. The molecule has 0 heterocycles. The van der Waals surface area contributed by atoms with Crippen LogP contribution in [0, 0.1) is 6.92 Å². The molecule has 0 atom stereocenters. The molecule has 0 radical (unpaired) electrons. The van der Waals surface area contributed by atoms with E-state index in [1.807, 2.05) is 54.6 Å². The lowest BCUT2D eigenvalue weighted by Crippen LogP contribution is -2.13. The maximum atomic E-state index is 6.51. The molecular formula is C24H26ClNO3. The van der Waals surface area contributed by atoms with Crippen LogP contribution in [0.4, 0.5) is 0 Å². The van der Waals surface area contributed by atoms with Crippen molar-refractivity contribution in [3.05, 3.63) is 87.9 Å². The first-order valence-corrected chi connectivity index (χ1v) is 9.86. The minimum absolute atomic E-state index is 0.439. The monoisotopic (exact) mass is 411 g/mol. The molecule has 0 fully saturated rings. The predicted octanol–water partition coefficient (Wildman–Crippen LogP) is 5.53. The van der Waals surface area contributed by atoms with Gasteiger partial charge in [0.2, 0.25) is 0 Å². The Morgan fingerprint density at radius 3 is 2.24 bits per heavy atom. The van der Waals surface area contributed by atoms with Crippen LogP contribution in [-0.4, -0.2) is 14.2 Å². The molecule has 3 rings (SSSR count). The third-order valence-corrected chi connectivity index (χ3v) is 5.04. The first-order valence-electron chi connectivity index (χ1n) is 9.48. The molecule has 4 nitrogen and oxygen atoms in total. The first kappa shape index (κ1) is 21.0. The standard InChI is InChI=1S/C24H26ClNO3/c1-17-8-4-5-10-20(17)16-29-24-21(25)12-18(13-23(24)28-3)14-26-15-19-9-6-7-11-22(19)27-2/h4-13,26H,14-16H2,1-3H3. The number of hydrogen-bond acceptors (Lipinski definition) is 4. The second-order valence-corrected chi connectivity index (χ2v) is 7.15.